The fourth-order valence-electron chi connectivity index (χ4n) is 0.937. The molecule has 0 spiro atoms. The van der Waals surface area contributed by atoms with E-state index in [1.807, 2.05) is 0 Å². The van der Waals surface area contributed by atoms with Crippen molar-refractivity contribution in [2.75, 3.05) is 33.2 Å². The van der Waals surface area contributed by atoms with Crippen molar-refractivity contribution in [1.29, 1.82) is 0 Å². The molecule has 0 saturated carbocycles. The molecule has 0 N–H and O–H groups in total. The van der Waals surface area contributed by atoms with Gasteiger partial charge >= 0.3 is 0 Å². The number of hydrogen-bond donors (Lipinski definition) is 0. The predicted octanol–water partition coefficient (Wildman–Crippen LogP) is -0.309. The van der Waals surface area contributed by atoms with Crippen LogP contribution in [0.2, 0.25) is 0 Å². The van der Waals surface area contributed by atoms with Crippen LogP contribution in [0.4, 0.5) is 0 Å². The summed E-state index contributed by atoms with van der Waals surface area (Å²) < 4.78 is 2.19. The first-order valence-corrected chi connectivity index (χ1v) is 6.26. The maximum atomic E-state index is 4.99. The average molecular weight is 195 g/mol. The zero-order valence-electron chi connectivity index (χ0n) is 5.95. The van der Waals surface area contributed by atoms with Crippen molar-refractivity contribution in [3.05, 3.63) is 0 Å². The number of nitrogens with zero attached hydrogens (tertiary/aromatic N) is 2. The zero-order chi connectivity index (χ0) is 7.56. The van der Waals surface area contributed by atoms with Crippen LogP contribution in [0.3, 0.4) is 0 Å². The lowest BCUT2D eigenvalue weighted by Gasteiger charge is -2.36. The lowest BCUT2D eigenvalue weighted by Crippen LogP contribution is -2.43. The molecule has 10 heavy (non-hydrogen) atoms. The van der Waals surface area contributed by atoms with E-state index in [-0.39, 0.29) is 8.20 Å². The second kappa shape index (κ2) is 3.92. The van der Waals surface area contributed by atoms with Gasteiger partial charge in [0.05, 0.1) is 0 Å². The molecule has 0 unspecified atom stereocenters. The molecule has 0 amide bonds. The minimum absolute atomic E-state index is 0.344. The lowest BCUT2D eigenvalue weighted by molar-refractivity contribution is 0.234. The van der Waals surface area contributed by atoms with Gasteiger partial charge in [-0.2, -0.15) is 0 Å². The molecule has 0 aromatic rings. The third-order valence-electron chi connectivity index (χ3n) is 1.67. The van der Waals surface area contributed by atoms with Crippen molar-refractivity contribution < 1.29 is 0 Å². The molecule has 0 aromatic heterocycles. The summed E-state index contributed by atoms with van der Waals surface area (Å²) in [6.07, 6.45) is 0. The second-order valence-electron chi connectivity index (χ2n) is 2.45. The van der Waals surface area contributed by atoms with Crippen LogP contribution in [-0.4, -0.2) is 42.4 Å². The van der Waals surface area contributed by atoms with E-state index in [2.05, 4.69) is 16.3 Å². The van der Waals surface area contributed by atoms with Gasteiger partial charge in [0.2, 0.25) is 0 Å². The van der Waals surface area contributed by atoms with Crippen LogP contribution in [-0.2, 0) is 30.6 Å². The Morgan fingerprint density at radius 2 is 1.60 bits per heavy atom. The van der Waals surface area contributed by atoms with E-state index in [0.717, 1.165) is 26.2 Å². The Bertz CT molecular complexity index is 162. The summed E-state index contributed by atoms with van der Waals surface area (Å²) in [5, 5.41) is 0. The molecule has 60 valence electrons. The van der Waals surface area contributed by atoms with Gasteiger partial charge in [-0.1, -0.05) is 0 Å². The average Bonchev–Trinajstić information content (AvgIpc) is 1.88. The Morgan fingerprint density at radius 3 is 2.00 bits per heavy atom. The lowest BCUT2D eigenvalue weighted by atomic mass is 10.4. The highest BCUT2D eigenvalue weighted by molar-refractivity contribution is 8.45. The molecule has 5 heteroatoms. The minimum Gasteiger partial charge on any atom is -0.380 e. The van der Waals surface area contributed by atoms with Crippen molar-refractivity contribution in [1.82, 2.24) is 9.21 Å². The van der Waals surface area contributed by atoms with E-state index < -0.39 is 0 Å². The van der Waals surface area contributed by atoms with E-state index >= 15 is 0 Å². The van der Waals surface area contributed by atoms with Crippen LogP contribution in [0.5, 0.6) is 0 Å². The van der Waals surface area contributed by atoms with E-state index in [9.17, 15) is 0 Å². The third-order valence-corrected chi connectivity index (χ3v) is 3.72. The molecule has 0 atom stereocenters. The van der Waals surface area contributed by atoms with Gasteiger partial charge in [0.25, 0.3) is 0 Å². The monoisotopic (exact) mass is 195 g/mol. The van der Waals surface area contributed by atoms with Crippen LogP contribution in [0, 0.1) is 0 Å². The highest BCUT2D eigenvalue weighted by atomic mass is 33.1. The van der Waals surface area contributed by atoms with Gasteiger partial charge in [-0.25, -0.2) is 22.4 Å². The smallest absolute Gasteiger partial charge is 0.00909 e. The van der Waals surface area contributed by atoms with Crippen LogP contribution >= 0.6 is 0 Å². The van der Waals surface area contributed by atoms with Crippen LogP contribution < -0.4 is 0 Å². The van der Waals surface area contributed by atoms with E-state index in [0.29, 0.717) is 0 Å². The van der Waals surface area contributed by atoms with E-state index in [1.54, 1.807) is 0 Å². The molecule has 1 aliphatic rings. The zero-order valence-corrected chi connectivity index (χ0v) is 8.40. The van der Waals surface area contributed by atoms with Crippen LogP contribution in [0.1, 0.15) is 0 Å². The molecule has 1 rings (SSSR count). The van der Waals surface area contributed by atoms with E-state index in [1.165, 1.54) is 0 Å². The van der Waals surface area contributed by atoms with Crippen molar-refractivity contribution in [3.8, 4) is 0 Å². The van der Waals surface area contributed by atoms with E-state index in [4.69, 9.17) is 22.4 Å². The highest BCUT2D eigenvalue weighted by Crippen LogP contribution is 1.97. The second-order valence-corrected chi connectivity index (χ2v) is 5.93. The SMILES string of the molecule is CN1CCN([S-](=S)=S)CC1. The molecule has 1 heterocycles. The molecule has 1 fully saturated rings. The molecule has 1 saturated heterocycles. The summed E-state index contributed by atoms with van der Waals surface area (Å²) in [6, 6.07) is 0. The topological polar surface area (TPSA) is 6.48 Å². The van der Waals surface area contributed by atoms with Gasteiger partial charge in [-0.3, -0.25) is 8.20 Å². The maximum Gasteiger partial charge on any atom is 0.00909 e. The van der Waals surface area contributed by atoms with Gasteiger partial charge in [0.1, 0.15) is 0 Å². The quantitative estimate of drug-likeness (QED) is 0.529. The van der Waals surface area contributed by atoms with Gasteiger partial charge < -0.3 is 9.21 Å². The van der Waals surface area contributed by atoms with Crippen molar-refractivity contribution in [3.63, 3.8) is 0 Å². The highest BCUT2D eigenvalue weighted by Gasteiger charge is 2.06. The first kappa shape index (κ1) is 8.80. The Labute approximate surface area is 73.2 Å². The normalized spacial score (nSPS) is 23.8. The Balaban J connectivity index is 2.40. The van der Waals surface area contributed by atoms with Crippen molar-refractivity contribution >= 4 is 30.6 Å². The van der Waals surface area contributed by atoms with Gasteiger partial charge in [-0.05, 0) is 20.1 Å². The molecule has 0 aromatic carbocycles. The van der Waals surface area contributed by atoms with Gasteiger partial charge in [-0.15, -0.1) is 0 Å². The molecular formula is C5H11N2S3-. The first-order chi connectivity index (χ1) is 4.70. The molecule has 0 bridgehead atoms. The summed E-state index contributed by atoms with van der Waals surface area (Å²) in [5.74, 6) is 0. The van der Waals surface area contributed by atoms with Gasteiger partial charge in [0.15, 0.2) is 0 Å². The summed E-state index contributed by atoms with van der Waals surface area (Å²) in [7, 11) is 1.78. The summed E-state index contributed by atoms with van der Waals surface area (Å²) in [6.45, 7) is 4.31. The standard InChI is InChI=1S/C5H11N2S3/c1-6-2-4-7(5-3-6)10(8)9/h2-5H2,1H3/q-1. The minimum atomic E-state index is -0.344. The molecule has 2 nitrogen and oxygen atoms in total. The Morgan fingerprint density at radius 1 is 1.10 bits per heavy atom. The first-order valence-electron chi connectivity index (χ1n) is 3.23. The molecule has 0 aliphatic carbocycles. The van der Waals surface area contributed by atoms with Crippen molar-refractivity contribution in [2.45, 2.75) is 0 Å². The largest absolute Gasteiger partial charge is 0.380 e. The number of likely N-dealkylation sites (N-methyl/N-ethyl adjacent to an activating group) is 1. The number of hydrogen-bond acceptors (Lipinski definition) is 4. The number of rotatable bonds is 1. The summed E-state index contributed by atoms with van der Waals surface area (Å²) in [4.78, 5) is 2.30. The molecular weight excluding hydrogens is 184 g/mol. The van der Waals surface area contributed by atoms with Gasteiger partial charge in [0, 0.05) is 13.1 Å². The summed E-state index contributed by atoms with van der Waals surface area (Å²) >= 11 is 9.97. The summed E-state index contributed by atoms with van der Waals surface area (Å²) in [5.41, 5.74) is 0. The number of piperazine rings is 1. The maximum absolute atomic E-state index is 4.99. The third kappa shape index (κ3) is 2.39. The Hall–Kier alpha value is 0.710. The fourth-order valence-corrected chi connectivity index (χ4v) is 2.29. The molecule has 1 aliphatic heterocycles. The van der Waals surface area contributed by atoms with Crippen molar-refractivity contribution in [2.24, 2.45) is 0 Å². The Kier molecular flexibility index (Phi) is 3.45. The predicted molar refractivity (Wildman–Crippen MR) is 51.2 cm³/mol. The van der Waals surface area contributed by atoms with Crippen LogP contribution in [0.15, 0.2) is 0 Å². The van der Waals surface area contributed by atoms with Crippen LogP contribution in [0.25, 0.3) is 0 Å². The molecule has 0 radical (unpaired) electrons. The fraction of sp³-hybridized carbons (Fsp3) is 1.00.